The van der Waals surface area contributed by atoms with Crippen molar-refractivity contribution < 1.29 is 35.0 Å². The molecule has 0 atom stereocenters. The average molecular weight is 99.1 g/mol. The van der Waals surface area contributed by atoms with Crippen molar-refractivity contribution in [2.24, 2.45) is 0 Å². The molecule has 0 aliphatic carbocycles. The van der Waals surface area contributed by atoms with Crippen LogP contribution in [-0.4, -0.2) is 10.6 Å². The van der Waals surface area contributed by atoms with Crippen LogP contribution < -0.4 is 29.6 Å². The number of nitrogens with zero attached hydrogens (tertiary/aromatic N) is 1. The third-order valence-electron chi connectivity index (χ3n) is 0. The van der Waals surface area contributed by atoms with Gasteiger partial charge in [0.2, 0.25) is 0 Å². The minimum atomic E-state index is 0. The molecule has 0 aromatic rings. The van der Waals surface area contributed by atoms with E-state index in [4.69, 9.17) is 5.41 Å². The summed E-state index contributed by atoms with van der Waals surface area (Å²) < 4.78 is 0. The summed E-state index contributed by atoms with van der Waals surface area (Å²) in [5.41, 5.74) is 0. The molecule has 0 rings (SSSR count). The Morgan fingerprint density at radius 1 is 1.60 bits per heavy atom. The molecule has 0 aromatic carbocycles. The first-order valence-corrected chi connectivity index (χ1v) is 0.836. The molecule has 0 spiro atoms. The zero-order valence-electron chi connectivity index (χ0n) is 2.86. The van der Waals surface area contributed by atoms with Gasteiger partial charge in [-0.25, -0.2) is 0 Å². The summed E-state index contributed by atoms with van der Waals surface area (Å²) in [5.74, 6) is 0. The Kier molecular flexibility index (Phi) is 74.4. The monoisotopic (exact) mass is 99.0 g/mol. The smallest absolute Gasteiger partial charge is 0.753 e. The quantitative estimate of drug-likeness (QED) is 0.180. The summed E-state index contributed by atoms with van der Waals surface area (Å²) in [6, 6.07) is 0. The zero-order valence-corrected chi connectivity index (χ0v) is 5.67. The molecule has 0 heterocycles. The van der Waals surface area contributed by atoms with Gasteiger partial charge in [0.15, 0.2) is 0 Å². The first-order chi connectivity index (χ1) is 1.41. The van der Waals surface area contributed by atoms with Crippen molar-refractivity contribution in [1.29, 1.82) is 0 Å². The van der Waals surface area contributed by atoms with Gasteiger partial charge < -0.3 is 10.9 Å². The Morgan fingerprint density at radius 3 is 1.60 bits per heavy atom. The molecule has 24 valence electrons. The van der Waals surface area contributed by atoms with Crippen LogP contribution in [0.5, 0.6) is 0 Å². The predicted octanol–water partition coefficient (Wildman–Crippen LogP) is -3.16. The van der Waals surface area contributed by atoms with Gasteiger partial charge in [-0.3, -0.25) is 0 Å². The summed E-state index contributed by atoms with van der Waals surface area (Å²) in [7, 11) is 0. The molecule has 5 heavy (non-hydrogen) atoms. The van der Waals surface area contributed by atoms with Gasteiger partial charge in [-0.05, 0) is 0 Å². The van der Waals surface area contributed by atoms with Gasteiger partial charge in [-0.15, -0.1) is 0 Å². The van der Waals surface area contributed by atoms with Gasteiger partial charge in [0.1, 0.15) is 0 Å². The summed E-state index contributed by atoms with van der Waals surface area (Å²) in [6.45, 7) is 0. The molecular formula is CH2NNaOS. The Balaban J connectivity index is -0.0000000200. The van der Waals surface area contributed by atoms with E-state index in [9.17, 15) is 0 Å². The van der Waals surface area contributed by atoms with Crippen LogP contribution in [0.4, 0.5) is 0 Å². The second-order valence-corrected chi connectivity index (χ2v) is 0.274. The molecule has 0 fully saturated rings. The van der Waals surface area contributed by atoms with E-state index in [1.165, 1.54) is 5.16 Å². The minimum absolute atomic E-state index is 0. The van der Waals surface area contributed by atoms with Crippen LogP contribution in [0.1, 0.15) is 0 Å². The molecular weight excluding hydrogens is 97.1 g/mol. The Morgan fingerprint density at radius 2 is 1.60 bits per heavy atom. The van der Waals surface area contributed by atoms with Crippen molar-refractivity contribution in [3.63, 3.8) is 0 Å². The predicted molar refractivity (Wildman–Crippen MR) is 19.6 cm³/mol. The maximum Gasteiger partial charge on any atom is 1.00 e. The maximum atomic E-state index is 7.13. The first-order valence-electron chi connectivity index (χ1n) is 0.428. The van der Waals surface area contributed by atoms with Crippen molar-refractivity contribution in [3.8, 4) is 0 Å². The molecule has 0 unspecified atom stereocenters. The van der Waals surface area contributed by atoms with Gasteiger partial charge in [-0.1, -0.05) is 12.2 Å². The van der Waals surface area contributed by atoms with E-state index in [1.54, 1.807) is 0 Å². The van der Waals surface area contributed by atoms with E-state index in [2.05, 4.69) is 12.2 Å². The van der Waals surface area contributed by atoms with Gasteiger partial charge >= 0.3 is 29.6 Å². The van der Waals surface area contributed by atoms with E-state index >= 15 is 0 Å². The maximum absolute atomic E-state index is 7.13. The van der Waals surface area contributed by atoms with Crippen molar-refractivity contribution in [3.05, 3.63) is 5.41 Å². The van der Waals surface area contributed by atoms with Crippen molar-refractivity contribution in [2.75, 3.05) is 0 Å². The summed E-state index contributed by atoms with van der Waals surface area (Å²) >= 11 is 3.70. The number of thiocarbonyl (C=S) groups is 1. The molecule has 0 saturated heterocycles. The van der Waals surface area contributed by atoms with Gasteiger partial charge in [0.25, 0.3) is 0 Å². The molecule has 2 N–H and O–H groups in total. The van der Waals surface area contributed by atoms with E-state index in [0.717, 1.165) is 0 Å². The number of isothiocyanates is 1. The standard InChI is InChI=1S/CNS.Na.H2O/c2-1-3;;/h;;1H2/q-1;+1;. The van der Waals surface area contributed by atoms with Gasteiger partial charge in [0, 0.05) is 0 Å². The van der Waals surface area contributed by atoms with Gasteiger partial charge in [-0.2, -0.15) is 5.16 Å². The van der Waals surface area contributed by atoms with Crippen LogP contribution in [0, 0.1) is 0 Å². The Labute approximate surface area is 57.7 Å². The second kappa shape index (κ2) is 21.7. The molecule has 0 amide bonds. The fraction of sp³-hybridized carbons (Fsp3) is 0. The van der Waals surface area contributed by atoms with Crippen molar-refractivity contribution in [2.45, 2.75) is 0 Å². The third-order valence-corrected chi connectivity index (χ3v) is 0. The summed E-state index contributed by atoms with van der Waals surface area (Å²) in [4.78, 5) is 0. The molecule has 0 aliphatic heterocycles. The van der Waals surface area contributed by atoms with Crippen LogP contribution >= 0.6 is 12.2 Å². The van der Waals surface area contributed by atoms with Crippen molar-refractivity contribution >= 4 is 17.4 Å². The average Bonchev–Trinajstić information content (AvgIpc) is 0.918. The SMILES string of the molecule is O.[N-]=C=S.[Na+]. The molecule has 0 bridgehead atoms. The molecule has 0 aromatic heterocycles. The topological polar surface area (TPSA) is 53.8 Å². The fourth-order valence-electron chi connectivity index (χ4n) is 0. The largest absolute Gasteiger partial charge is 1.00 e. The van der Waals surface area contributed by atoms with Crippen LogP contribution in [0.2, 0.25) is 0 Å². The minimum Gasteiger partial charge on any atom is -0.753 e. The van der Waals surface area contributed by atoms with Crippen LogP contribution in [0.25, 0.3) is 5.41 Å². The van der Waals surface area contributed by atoms with E-state index < -0.39 is 0 Å². The van der Waals surface area contributed by atoms with Crippen LogP contribution in [0.3, 0.4) is 0 Å². The molecule has 4 heteroatoms. The summed E-state index contributed by atoms with van der Waals surface area (Å²) in [6.07, 6.45) is 0. The molecule has 2 nitrogen and oxygen atoms in total. The zero-order chi connectivity index (χ0) is 2.71. The number of hydrogen-bond donors (Lipinski definition) is 0. The van der Waals surface area contributed by atoms with Crippen molar-refractivity contribution in [1.82, 2.24) is 0 Å². The summed E-state index contributed by atoms with van der Waals surface area (Å²) in [5, 5.41) is 8.47. The molecule has 0 aliphatic rings. The normalized spacial score (nSPS) is 1.60. The molecule has 0 saturated carbocycles. The van der Waals surface area contributed by atoms with Crippen LogP contribution in [0.15, 0.2) is 0 Å². The first kappa shape index (κ1) is 17.1. The number of rotatable bonds is 0. The third kappa shape index (κ3) is 62.8. The van der Waals surface area contributed by atoms with E-state index in [1.807, 2.05) is 0 Å². The van der Waals surface area contributed by atoms with E-state index in [-0.39, 0.29) is 35.0 Å². The Hall–Kier alpha value is 0.760. The second-order valence-electron chi connectivity index (χ2n) is 0.0913. The fourth-order valence-corrected chi connectivity index (χ4v) is 0. The van der Waals surface area contributed by atoms with E-state index in [0.29, 0.717) is 0 Å². The van der Waals surface area contributed by atoms with Gasteiger partial charge in [0.05, 0.1) is 0 Å². The molecule has 0 radical (unpaired) electrons. The Bertz CT molecular complexity index is 32.6. The van der Waals surface area contributed by atoms with Crippen LogP contribution in [-0.2, 0) is 0 Å². The number of hydrogen-bond acceptors (Lipinski definition) is 1.